The molecule has 0 aliphatic rings. The van der Waals surface area contributed by atoms with Crippen LogP contribution in [0.2, 0.25) is 0 Å². The van der Waals surface area contributed by atoms with E-state index in [1.54, 1.807) is 0 Å². The zero-order chi connectivity index (χ0) is 27.8. The molecule has 0 rings (SSSR count). The molecule has 0 radical (unpaired) electrons. The fourth-order valence-electron chi connectivity index (χ4n) is 5.65. The highest BCUT2D eigenvalue weighted by molar-refractivity contribution is 7.96. The van der Waals surface area contributed by atoms with Crippen molar-refractivity contribution in [2.75, 3.05) is 13.1 Å². The van der Waals surface area contributed by atoms with Crippen molar-refractivity contribution >= 4 is 17.9 Å². The van der Waals surface area contributed by atoms with Gasteiger partial charge in [-0.05, 0) is 12.8 Å². The third kappa shape index (κ3) is 30.4. The summed E-state index contributed by atoms with van der Waals surface area (Å²) in [5, 5.41) is -0.0271. The van der Waals surface area contributed by atoms with E-state index >= 15 is 0 Å². The first kappa shape index (κ1) is 37.8. The summed E-state index contributed by atoms with van der Waals surface area (Å²) in [6.07, 6.45) is 41.5. The zero-order valence-electron chi connectivity index (χ0n) is 26.4. The highest BCUT2D eigenvalue weighted by Crippen LogP contribution is 2.15. The van der Waals surface area contributed by atoms with Crippen LogP contribution in [0.25, 0.3) is 0 Å². The highest BCUT2D eigenvalue weighted by atomic mass is 32.1. The van der Waals surface area contributed by atoms with Crippen LogP contribution in [-0.2, 0) is 0 Å². The average molecular weight is 554 g/mol. The van der Waals surface area contributed by atoms with E-state index in [2.05, 4.69) is 26.5 Å². The maximum atomic E-state index is 11.9. The molecule has 0 spiro atoms. The van der Waals surface area contributed by atoms with Crippen molar-refractivity contribution in [3.8, 4) is 0 Å². The molecule has 3 heteroatoms. The van der Waals surface area contributed by atoms with Crippen LogP contribution >= 0.6 is 12.6 Å². The molecule has 2 nitrogen and oxygen atoms in total. The van der Waals surface area contributed by atoms with Gasteiger partial charge in [-0.15, -0.1) is 0 Å². The Hall–Kier alpha value is -0.180. The van der Waals surface area contributed by atoms with Crippen LogP contribution < -0.4 is 0 Å². The average Bonchev–Trinajstić information content (AvgIpc) is 2.91. The molecular formula is C35H71NOS. The van der Waals surface area contributed by atoms with Crippen LogP contribution in [0.15, 0.2) is 0 Å². The van der Waals surface area contributed by atoms with E-state index in [-0.39, 0.29) is 5.24 Å². The number of carbonyl (C=O) groups is 1. The summed E-state index contributed by atoms with van der Waals surface area (Å²) in [6, 6.07) is 0. The van der Waals surface area contributed by atoms with Crippen LogP contribution in [0.3, 0.4) is 0 Å². The van der Waals surface area contributed by atoms with Gasteiger partial charge in [-0.25, -0.2) is 0 Å². The van der Waals surface area contributed by atoms with Crippen molar-refractivity contribution in [1.29, 1.82) is 0 Å². The second kappa shape index (κ2) is 33.0. The lowest BCUT2D eigenvalue weighted by Gasteiger charge is -2.20. The Morgan fingerprint density at radius 3 is 0.737 bits per heavy atom. The molecule has 0 saturated carbocycles. The molecule has 0 fully saturated rings. The molecule has 1 amide bonds. The highest BCUT2D eigenvalue weighted by Gasteiger charge is 2.08. The quantitative estimate of drug-likeness (QED) is 0.0648. The summed E-state index contributed by atoms with van der Waals surface area (Å²) in [5.74, 6) is 0. The molecule has 0 aromatic rings. The fraction of sp³-hybridized carbons (Fsp3) is 0.971. The van der Waals surface area contributed by atoms with Crippen LogP contribution in [0.4, 0.5) is 4.79 Å². The first-order chi connectivity index (χ1) is 18.7. The maximum Gasteiger partial charge on any atom is 0.278 e. The number of nitrogens with zero attached hydrogens (tertiary/aromatic N) is 1. The molecule has 0 saturated heterocycles. The lowest BCUT2D eigenvalue weighted by molar-refractivity contribution is 0.220. The number of hydrogen-bond acceptors (Lipinski definition) is 1. The van der Waals surface area contributed by atoms with Crippen molar-refractivity contribution < 1.29 is 4.79 Å². The van der Waals surface area contributed by atoms with Crippen molar-refractivity contribution in [2.24, 2.45) is 0 Å². The van der Waals surface area contributed by atoms with E-state index in [1.807, 2.05) is 4.90 Å². The van der Waals surface area contributed by atoms with E-state index < -0.39 is 0 Å². The van der Waals surface area contributed by atoms with Gasteiger partial charge >= 0.3 is 0 Å². The summed E-state index contributed by atoms with van der Waals surface area (Å²) in [4.78, 5) is 13.9. The Balaban J connectivity index is 3.38. The molecule has 0 aliphatic carbocycles. The Bertz CT molecular complexity index is 421. The second-order valence-electron chi connectivity index (χ2n) is 12.2. The second-order valence-corrected chi connectivity index (χ2v) is 12.6. The normalized spacial score (nSPS) is 11.3. The monoisotopic (exact) mass is 554 g/mol. The van der Waals surface area contributed by atoms with Gasteiger partial charge in [0.2, 0.25) is 0 Å². The largest absolute Gasteiger partial charge is 0.334 e. The molecular weight excluding hydrogens is 482 g/mol. The lowest BCUT2D eigenvalue weighted by Crippen LogP contribution is -2.28. The molecule has 0 bridgehead atoms. The predicted octanol–water partition coefficient (Wildman–Crippen LogP) is 13.1. The minimum absolute atomic E-state index is 0.0271. The van der Waals surface area contributed by atoms with Gasteiger partial charge in [0, 0.05) is 13.1 Å². The molecule has 228 valence electrons. The number of amides is 1. The van der Waals surface area contributed by atoms with Crippen molar-refractivity contribution in [3.05, 3.63) is 0 Å². The fourth-order valence-corrected chi connectivity index (χ4v) is 5.85. The Morgan fingerprint density at radius 1 is 0.368 bits per heavy atom. The topological polar surface area (TPSA) is 20.3 Å². The molecule has 0 aliphatic heterocycles. The van der Waals surface area contributed by atoms with Crippen molar-refractivity contribution in [2.45, 2.75) is 206 Å². The summed E-state index contributed by atoms with van der Waals surface area (Å²) < 4.78 is 0. The van der Waals surface area contributed by atoms with Crippen LogP contribution in [-0.4, -0.2) is 23.2 Å². The smallest absolute Gasteiger partial charge is 0.278 e. The van der Waals surface area contributed by atoms with E-state index in [0.717, 1.165) is 25.9 Å². The summed E-state index contributed by atoms with van der Waals surface area (Å²) in [7, 11) is 0. The van der Waals surface area contributed by atoms with E-state index in [1.165, 1.54) is 180 Å². The van der Waals surface area contributed by atoms with Gasteiger partial charge in [-0.2, -0.15) is 0 Å². The minimum atomic E-state index is -0.0271. The van der Waals surface area contributed by atoms with Gasteiger partial charge in [0.15, 0.2) is 0 Å². The van der Waals surface area contributed by atoms with Crippen molar-refractivity contribution in [1.82, 2.24) is 4.90 Å². The minimum Gasteiger partial charge on any atom is -0.334 e. The Labute approximate surface area is 246 Å². The first-order valence-electron chi connectivity index (χ1n) is 17.7. The summed E-state index contributed by atoms with van der Waals surface area (Å²) in [5.41, 5.74) is 0. The van der Waals surface area contributed by atoms with Crippen LogP contribution in [0.5, 0.6) is 0 Å². The summed E-state index contributed by atoms with van der Waals surface area (Å²) >= 11 is 4.13. The van der Waals surface area contributed by atoms with E-state index in [9.17, 15) is 4.79 Å². The number of carbonyl (C=O) groups excluding carboxylic acids is 1. The molecule has 0 unspecified atom stereocenters. The molecule has 38 heavy (non-hydrogen) atoms. The van der Waals surface area contributed by atoms with Gasteiger partial charge in [0.25, 0.3) is 5.24 Å². The van der Waals surface area contributed by atoms with E-state index in [0.29, 0.717) is 0 Å². The standard InChI is InChI=1S/C35H71NOS/c1-3-5-7-9-11-13-15-17-19-21-23-25-27-29-31-33-36(35(37)38)34-32-30-28-26-24-22-20-18-16-14-12-10-8-6-4-2/h3-34H2,1-2H3,(H,37,38). The molecule has 0 aromatic heterocycles. The molecule has 0 atom stereocenters. The lowest BCUT2D eigenvalue weighted by atomic mass is 10.0. The number of thiol groups is 1. The molecule has 0 heterocycles. The van der Waals surface area contributed by atoms with E-state index in [4.69, 9.17) is 0 Å². The van der Waals surface area contributed by atoms with Crippen molar-refractivity contribution in [3.63, 3.8) is 0 Å². The summed E-state index contributed by atoms with van der Waals surface area (Å²) in [6.45, 7) is 6.39. The zero-order valence-corrected chi connectivity index (χ0v) is 27.3. The van der Waals surface area contributed by atoms with Gasteiger partial charge < -0.3 is 4.90 Å². The Morgan fingerprint density at radius 2 is 0.553 bits per heavy atom. The van der Waals surface area contributed by atoms with Gasteiger partial charge in [0.05, 0.1) is 0 Å². The Kier molecular flexibility index (Phi) is 32.9. The number of unbranched alkanes of at least 4 members (excludes halogenated alkanes) is 28. The van der Waals surface area contributed by atoms with Crippen LogP contribution in [0.1, 0.15) is 206 Å². The van der Waals surface area contributed by atoms with Gasteiger partial charge in [0.1, 0.15) is 0 Å². The van der Waals surface area contributed by atoms with Gasteiger partial charge in [-0.1, -0.05) is 206 Å². The number of hydrogen-bond donors (Lipinski definition) is 1. The molecule has 0 N–H and O–H groups in total. The SMILES string of the molecule is CCCCCCCCCCCCCCCCCN(CCCCCCCCCCCCCCCCC)C(=O)S. The number of rotatable bonds is 32. The third-order valence-corrected chi connectivity index (χ3v) is 8.62. The maximum absolute atomic E-state index is 11.9. The molecule has 0 aromatic carbocycles. The van der Waals surface area contributed by atoms with Gasteiger partial charge in [-0.3, -0.25) is 4.79 Å². The third-order valence-electron chi connectivity index (χ3n) is 8.33. The predicted molar refractivity (Wildman–Crippen MR) is 176 cm³/mol. The van der Waals surface area contributed by atoms with Crippen LogP contribution in [0, 0.1) is 0 Å². The first-order valence-corrected chi connectivity index (χ1v) is 18.1.